The number of carbonyl (C=O) groups excluding carboxylic acids is 2. The van der Waals surface area contributed by atoms with E-state index in [1.54, 1.807) is 6.07 Å². The fourth-order valence-electron chi connectivity index (χ4n) is 4.82. The van der Waals surface area contributed by atoms with E-state index in [4.69, 9.17) is 5.73 Å². The molecule has 0 bridgehead atoms. The van der Waals surface area contributed by atoms with Gasteiger partial charge in [-0.25, -0.2) is 9.50 Å². The molecule has 35 heavy (non-hydrogen) atoms. The Morgan fingerprint density at radius 3 is 2.63 bits per heavy atom. The van der Waals surface area contributed by atoms with Gasteiger partial charge in [-0.2, -0.15) is 13.2 Å². The number of rotatable bonds is 5. The Kier molecular flexibility index (Phi) is 4.64. The predicted molar refractivity (Wildman–Crippen MR) is 120 cm³/mol. The van der Waals surface area contributed by atoms with Gasteiger partial charge in [0.1, 0.15) is 5.56 Å². The Labute approximate surface area is 198 Å². The van der Waals surface area contributed by atoms with E-state index in [0.717, 1.165) is 31.7 Å². The number of alkyl halides is 3. The minimum atomic E-state index is -4.71. The zero-order valence-corrected chi connectivity index (χ0v) is 18.9. The van der Waals surface area contributed by atoms with Crippen LogP contribution in [0.15, 0.2) is 24.4 Å². The van der Waals surface area contributed by atoms with E-state index in [1.807, 2.05) is 6.92 Å². The Bertz CT molecular complexity index is 1390. The van der Waals surface area contributed by atoms with E-state index in [2.05, 4.69) is 15.4 Å². The van der Waals surface area contributed by atoms with Gasteiger partial charge in [0.25, 0.3) is 11.8 Å². The van der Waals surface area contributed by atoms with E-state index >= 15 is 0 Å². The van der Waals surface area contributed by atoms with Crippen LogP contribution in [-0.2, 0) is 12.7 Å². The lowest BCUT2D eigenvalue weighted by Crippen LogP contribution is -2.35. The van der Waals surface area contributed by atoms with E-state index < -0.39 is 23.6 Å². The molecule has 2 aromatic heterocycles. The average Bonchev–Trinajstić information content (AvgIpc) is 3.72. The lowest BCUT2D eigenvalue weighted by Gasteiger charge is -2.24. The van der Waals surface area contributed by atoms with Gasteiger partial charge in [-0.05, 0) is 62.3 Å². The summed E-state index contributed by atoms with van der Waals surface area (Å²) in [5, 5.41) is 6.95. The molecule has 2 aliphatic carbocycles. The van der Waals surface area contributed by atoms with Crippen LogP contribution in [0.4, 0.5) is 19.0 Å². The summed E-state index contributed by atoms with van der Waals surface area (Å²) in [4.78, 5) is 31.7. The van der Waals surface area contributed by atoms with Gasteiger partial charge in [0.2, 0.25) is 0 Å². The summed E-state index contributed by atoms with van der Waals surface area (Å²) in [7, 11) is 0. The number of halogens is 3. The van der Waals surface area contributed by atoms with Gasteiger partial charge in [-0.15, -0.1) is 5.10 Å². The highest BCUT2D eigenvalue weighted by molar-refractivity contribution is 6.04. The lowest BCUT2D eigenvalue weighted by molar-refractivity contribution is -0.137. The molecule has 0 saturated heterocycles. The molecule has 1 aromatic carbocycles. The molecule has 3 N–H and O–H groups in total. The molecule has 182 valence electrons. The van der Waals surface area contributed by atoms with Gasteiger partial charge in [0, 0.05) is 30.4 Å². The summed E-state index contributed by atoms with van der Waals surface area (Å²) in [6.45, 7) is 2.02. The molecule has 0 unspecified atom stereocenters. The Morgan fingerprint density at radius 1 is 1.23 bits per heavy atom. The van der Waals surface area contributed by atoms with E-state index in [9.17, 15) is 22.8 Å². The van der Waals surface area contributed by atoms with Crippen LogP contribution in [0.1, 0.15) is 64.4 Å². The smallest absolute Gasteiger partial charge is 0.381 e. The highest BCUT2D eigenvalue weighted by Crippen LogP contribution is 2.43. The van der Waals surface area contributed by atoms with Gasteiger partial charge in [-0.1, -0.05) is 0 Å². The van der Waals surface area contributed by atoms with Crippen LogP contribution in [0.25, 0.3) is 16.9 Å². The molecule has 3 heterocycles. The standard InChI is InChI=1S/C24H23F3N6O2/c1-11(12-2-3-12)32-10-14-8-13(9-16(24(25,26)27)18(14)23(32)35)17-6-7-33-21(30-17)19(20(28)31-33)22(34)29-15-4-5-15/h6-9,11-12,15H,2-5,10H2,1H3,(H2,28,31)(H,29,34)/t11-/m0/s1. The normalized spacial score (nSPS) is 18.7. The van der Waals surface area contributed by atoms with Crippen LogP contribution in [0.2, 0.25) is 0 Å². The Morgan fingerprint density at radius 2 is 1.97 bits per heavy atom. The summed E-state index contributed by atoms with van der Waals surface area (Å²) < 4.78 is 43.6. The molecule has 1 atom stereocenters. The van der Waals surface area contributed by atoms with E-state index in [1.165, 1.54) is 21.7 Å². The molecule has 0 radical (unpaired) electrons. The number of anilines is 1. The summed E-state index contributed by atoms with van der Waals surface area (Å²) in [5.74, 6) is -0.666. The summed E-state index contributed by atoms with van der Waals surface area (Å²) >= 11 is 0. The second-order valence-corrected chi connectivity index (χ2v) is 9.66. The first kappa shape index (κ1) is 21.9. The highest BCUT2D eigenvalue weighted by atomic mass is 19.4. The first-order valence-corrected chi connectivity index (χ1v) is 11.6. The van der Waals surface area contributed by atoms with Crippen molar-refractivity contribution in [1.29, 1.82) is 0 Å². The number of hydrogen-bond acceptors (Lipinski definition) is 5. The monoisotopic (exact) mass is 484 g/mol. The summed E-state index contributed by atoms with van der Waals surface area (Å²) in [6.07, 6.45) is 0.521. The number of nitrogens with one attached hydrogen (secondary N) is 1. The first-order valence-electron chi connectivity index (χ1n) is 11.6. The number of nitrogen functional groups attached to an aromatic ring is 1. The molecule has 2 fully saturated rings. The van der Waals surface area contributed by atoms with Crippen molar-refractivity contribution >= 4 is 23.3 Å². The Hall–Kier alpha value is -3.63. The van der Waals surface area contributed by atoms with Gasteiger partial charge < -0.3 is 16.0 Å². The highest BCUT2D eigenvalue weighted by Gasteiger charge is 2.44. The van der Waals surface area contributed by atoms with Crippen molar-refractivity contribution in [3.8, 4) is 11.3 Å². The largest absolute Gasteiger partial charge is 0.417 e. The van der Waals surface area contributed by atoms with Crippen LogP contribution in [-0.4, -0.2) is 43.4 Å². The fraction of sp³-hybridized carbons (Fsp3) is 0.417. The predicted octanol–water partition coefficient (Wildman–Crippen LogP) is 3.64. The van der Waals surface area contributed by atoms with E-state index in [-0.39, 0.29) is 52.5 Å². The first-order chi connectivity index (χ1) is 16.6. The molecule has 6 rings (SSSR count). The Balaban J connectivity index is 1.44. The summed E-state index contributed by atoms with van der Waals surface area (Å²) in [6, 6.07) is 4.04. The molecular formula is C24H23F3N6O2. The van der Waals surface area contributed by atoms with Crippen molar-refractivity contribution in [2.75, 3.05) is 5.73 Å². The third-order valence-corrected chi connectivity index (χ3v) is 7.08. The third-order valence-electron chi connectivity index (χ3n) is 7.08. The summed E-state index contributed by atoms with van der Waals surface area (Å²) in [5.41, 5.74) is 5.72. The minimum absolute atomic E-state index is 0.00645. The minimum Gasteiger partial charge on any atom is -0.381 e. The molecule has 3 aliphatic rings. The van der Waals surface area contributed by atoms with Crippen LogP contribution in [0, 0.1) is 5.92 Å². The van der Waals surface area contributed by atoms with Crippen molar-refractivity contribution < 1.29 is 22.8 Å². The SMILES string of the molecule is C[C@@H](C1CC1)N1Cc2cc(-c3ccn4nc(N)c(C(=O)NC5CC5)c4n3)cc(C(F)(F)F)c2C1=O. The van der Waals surface area contributed by atoms with Crippen molar-refractivity contribution in [1.82, 2.24) is 24.8 Å². The molecule has 2 saturated carbocycles. The van der Waals surface area contributed by atoms with Crippen LogP contribution < -0.4 is 11.1 Å². The van der Waals surface area contributed by atoms with E-state index in [0.29, 0.717) is 11.5 Å². The van der Waals surface area contributed by atoms with Crippen molar-refractivity contribution in [3.63, 3.8) is 0 Å². The zero-order valence-electron chi connectivity index (χ0n) is 18.9. The van der Waals surface area contributed by atoms with Crippen LogP contribution in [0.5, 0.6) is 0 Å². The number of nitrogens with two attached hydrogens (primary N) is 1. The maximum absolute atomic E-state index is 14.1. The van der Waals surface area contributed by atoms with Crippen molar-refractivity contribution in [2.24, 2.45) is 5.92 Å². The number of fused-ring (bicyclic) bond motifs is 2. The third kappa shape index (κ3) is 3.69. The molecular weight excluding hydrogens is 461 g/mol. The average molecular weight is 484 g/mol. The number of amides is 2. The molecule has 3 aromatic rings. The molecule has 0 spiro atoms. The second kappa shape index (κ2) is 7.43. The van der Waals surface area contributed by atoms with Crippen LogP contribution in [0.3, 0.4) is 0 Å². The topological polar surface area (TPSA) is 106 Å². The van der Waals surface area contributed by atoms with Crippen molar-refractivity contribution in [3.05, 3.63) is 46.6 Å². The zero-order chi connectivity index (χ0) is 24.6. The number of aromatic nitrogens is 3. The maximum Gasteiger partial charge on any atom is 0.417 e. The lowest BCUT2D eigenvalue weighted by atomic mass is 9.97. The van der Waals surface area contributed by atoms with Gasteiger partial charge in [0.15, 0.2) is 11.5 Å². The number of hydrogen-bond donors (Lipinski definition) is 2. The molecule has 8 nitrogen and oxygen atoms in total. The molecule has 2 amide bonds. The number of carbonyl (C=O) groups is 2. The number of benzene rings is 1. The van der Waals surface area contributed by atoms with Gasteiger partial charge >= 0.3 is 6.18 Å². The van der Waals surface area contributed by atoms with Gasteiger partial charge in [0.05, 0.1) is 16.8 Å². The maximum atomic E-state index is 14.1. The quantitative estimate of drug-likeness (QED) is 0.575. The fourth-order valence-corrected chi connectivity index (χ4v) is 4.82. The van der Waals surface area contributed by atoms with Gasteiger partial charge in [-0.3, -0.25) is 9.59 Å². The molecule has 1 aliphatic heterocycles. The second-order valence-electron chi connectivity index (χ2n) is 9.66. The molecule has 11 heteroatoms. The number of nitrogens with zero attached hydrogens (tertiary/aromatic N) is 4. The van der Waals surface area contributed by atoms with Crippen LogP contribution >= 0.6 is 0 Å². The van der Waals surface area contributed by atoms with Crippen molar-refractivity contribution in [2.45, 2.75) is 57.4 Å².